The van der Waals surface area contributed by atoms with Crippen molar-refractivity contribution in [1.82, 2.24) is 0 Å². The minimum atomic E-state index is -0.455. The van der Waals surface area contributed by atoms with Crippen LogP contribution in [0, 0.1) is 0 Å². The summed E-state index contributed by atoms with van der Waals surface area (Å²) in [5.74, 6) is 0. The Hall–Kier alpha value is -1.18. The summed E-state index contributed by atoms with van der Waals surface area (Å²) in [6.07, 6.45) is 0. The fourth-order valence-corrected chi connectivity index (χ4v) is 8.68. The quantitative estimate of drug-likeness (QED) is 0.223. The van der Waals surface area contributed by atoms with Gasteiger partial charge in [0, 0.05) is 0 Å². The molecule has 0 amide bonds. The van der Waals surface area contributed by atoms with Crippen LogP contribution in [0.1, 0.15) is 105 Å². The van der Waals surface area contributed by atoms with Gasteiger partial charge in [0.2, 0.25) is 0 Å². The second-order valence-corrected chi connectivity index (χ2v) is 20.4. The molecule has 0 heterocycles. The van der Waals surface area contributed by atoms with Crippen LogP contribution in [0.3, 0.4) is 0 Å². The van der Waals surface area contributed by atoms with Gasteiger partial charge in [0.05, 0.1) is 0 Å². The molecular formula is C38H52Cl2SiZr-2. The summed E-state index contributed by atoms with van der Waals surface area (Å²) in [5, 5.41) is 3.03. The van der Waals surface area contributed by atoms with E-state index in [2.05, 4.69) is 180 Å². The van der Waals surface area contributed by atoms with Gasteiger partial charge in [-0.05, 0) is 10.8 Å². The molecule has 0 bridgehead atoms. The van der Waals surface area contributed by atoms with Crippen molar-refractivity contribution in [2.24, 2.45) is 0 Å². The normalized spacial score (nSPS) is 11.6. The molecule has 0 aliphatic heterocycles. The summed E-state index contributed by atoms with van der Waals surface area (Å²) in [6.45, 7) is 27.3. The molecule has 0 fully saturated rings. The summed E-state index contributed by atoms with van der Waals surface area (Å²) in [5.41, 5.74) is 6.57. The Balaban J connectivity index is 0.000000587. The fourth-order valence-electron chi connectivity index (χ4n) is 4.83. The molecule has 0 unspecified atom stereocenters. The number of halogens is 2. The van der Waals surface area contributed by atoms with Gasteiger partial charge in [-0.1, -0.05) is 93.9 Å². The maximum atomic E-state index is 2.28. The van der Waals surface area contributed by atoms with E-state index in [4.69, 9.17) is 0 Å². The van der Waals surface area contributed by atoms with Gasteiger partial charge in [0.15, 0.2) is 0 Å². The van der Waals surface area contributed by atoms with E-state index in [0.29, 0.717) is 0 Å². The molecule has 0 aliphatic rings. The molecule has 4 rings (SSSR count). The number of hydrogen-bond donors (Lipinski definition) is 0. The van der Waals surface area contributed by atoms with Crippen LogP contribution >= 0.6 is 0 Å². The van der Waals surface area contributed by atoms with Crippen LogP contribution in [-0.4, -0.2) is 5.43 Å². The van der Waals surface area contributed by atoms with Gasteiger partial charge in [0.1, 0.15) is 0 Å². The molecular weight excluding hydrogens is 647 g/mol. The third-order valence-corrected chi connectivity index (χ3v) is 13.1. The third kappa shape index (κ3) is 12.4. The zero-order chi connectivity index (χ0) is 30.4. The van der Waals surface area contributed by atoms with Crippen molar-refractivity contribution in [3.63, 3.8) is 0 Å². The van der Waals surface area contributed by atoms with Gasteiger partial charge in [-0.2, -0.15) is 23.3 Å². The van der Waals surface area contributed by atoms with Gasteiger partial charge >= 0.3 is 99.8 Å². The Bertz CT molecular complexity index is 1160. The summed E-state index contributed by atoms with van der Waals surface area (Å²) in [6, 6.07) is 35.0. The Morgan fingerprint density at radius 3 is 0.952 bits per heavy atom. The molecule has 4 aromatic carbocycles. The van der Waals surface area contributed by atoms with E-state index >= 15 is 0 Å². The molecule has 0 aromatic heterocycles. The van der Waals surface area contributed by atoms with Crippen molar-refractivity contribution in [3.8, 4) is 0 Å². The molecule has 0 saturated carbocycles. The van der Waals surface area contributed by atoms with Crippen molar-refractivity contribution < 1.29 is 48.1 Å². The summed E-state index contributed by atoms with van der Waals surface area (Å²) in [7, 11) is 0. The predicted molar refractivity (Wildman–Crippen MR) is 177 cm³/mol. The van der Waals surface area contributed by atoms with Gasteiger partial charge in [-0.3, -0.25) is 0 Å². The van der Waals surface area contributed by atoms with E-state index in [1.165, 1.54) is 32.6 Å². The summed E-state index contributed by atoms with van der Waals surface area (Å²) < 4.78 is 0. The van der Waals surface area contributed by atoms with E-state index in [1.54, 1.807) is 23.3 Å². The second kappa shape index (κ2) is 16.8. The second-order valence-electron chi connectivity index (χ2n) is 14.8. The van der Waals surface area contributed by atoms with Gasteiger partial charge in [-0.25, -0.2) is 24.3 Å². The van der Waals surface area contributed by atoms with E-state index < -0.39 is 5.43 Å². The van der Waals surface area contributed by atoms with Crippen LogP contribution < -0.4 is 35.2 Å². The molecule has 0 N–H and O–H groups in total. The Kier molecular flexibility index (Phi) is 16.3. The molecule has 0 spiro atoms. The average molecular weight is 699 g/mol. The van der Waals surface area contributed by atoms with Gasteiger partial charge in [-0.15, -0.1) is 11.1 Å². The van der Waals surface area contributed by atoms with E-state index in [9.17, 15) is 0 Å². The number of hydrogen-bond acceptors (Lipinski definition) is 0. The van der Waals surface area contributed by atoms with E-state index in [-0.39, 0.29) is 46.5 Å². The Morgan fingerprint density at radius 2 is 0.738 bits per heavy atom. The first-order valence-corrected chi connectivity index (χ1v) is 19.7. The zero-order valence-electron chi connectivity index (χ0n) is 28.0. The van der Waals surface area contributed by atoms with Crippen molar-refractivity contribution in [1.29, 1.82) is 0 Å². The maximum absolute atomic E-state index is 2.28. The third-order valence-electron chi connectivity index (χ3n) is 6.99. The van der Waals surface area contributed by atoms with E-state index in [0.717, 1.165) is 0 Å². The predicted octanol–water partition coefficient (Wildman–Crippen LogP) is 3.35. The first-order valence-electron chi connectivity index (χ1n) is 14.6. The Morgan fingerprint density at radius 1 is 0.452 bits per heavy atom. The van der Waals surface area contributed by atoms with Crippen molar-refractivity contribution >= 4 is 15.8 Å². The van der Waals surface area contributed by atoms with Crippen molar-refractivity contribution in [2.45, 2.75) is 105 Å². The molecule has 0 radical (unpaired) electrons. The number of benzene rings is 2. The first-order chi connectivity index (χ1) is 18.3. The molecule has 228 valence electrons. The molecule has 4 aromatic rings. The fraction of sp³-hybridized carbons (Fsp3) is 0.421. The van der Waals surface area contributed by atoms with Crippen LogP contribution in [0.2, 0.25) is 0 Å². The van der Waals surface area contributed by atoms with Crippen LogP contribution in [0.15, 0.2) is 97.1 Å². The summed E-state index contributed by atoms with van der Waals surface area (Å²) >= 11 is 1.64. The first kappa shape index (κ1) is 40.8. The SMILES string of the molecule is CC(C)(C)c1ccc[c-]1C(C)(C)C.CC(C)(C)c1ccc[c-]1C(C)(C)C.[Cl-].[Cl-].[Zr+2]=[Si](c1ccccc1)c1ccccc1. The molecule has 4 heteroatoms. The molecule has 0 saturated heterocycles. The molecule has 0 atom stereocenters. The zero-order valence-corrected chi connectivity index (χ0v) is 33.0. The average Bonchev–Trinajstić information content (AvgIpc) is 3.55. The molecule has 0 aliphatic carbocycles. The summed E-state index contributed by atoms with van der Waals surface area (Å²) in [4.78, 5) is 0. The van der Waals surface area contributed by atoms with Crippen molar-refractivity contribution in [3.05, 3.63) is 119 Å². The number of rotatable bonds is 2. The van der Waals surface area contributed by atoms with Crippen LogP contribution in [-0.2, 0) is 45.0 Å². The monoisotopic (exact) mass is 696 g/mol. The Labute approximate surface area is 286 Å². The molecule has 42 heavy (non-hydrogen) atoms. The van der Waals surface area contributed by atoms with Crippen LogP contribution in [0.25, 0.3) is 0 Å². The molecule has 0 nitrogen and oxygen atoms in total. The van der Waals surface area contributed by atoms with Crippen LogP contribution in [0.5, 0.6) is 0 Å². The van der Waals surface area contributed by atoms with Crippen LogP contribution in [0.4, 0.5) is 0 Å². The minimum absolute atomic E-state index is 0. The van der Waals surface area contributed by atoms with Crippen molar-refractivity contribution in [2.75, 3.05) is 0 Å². The standard InChI is InChI=1S/2C13H21.C12H10Si.2ClH.Zr/c2*1-12(2,3)10-8-7-9-11(10)13(4,5)6;1-3-7-11(8-4-1)13-12-9-5-2-6-10-12;;;/h2*7-9H,1-6H3;1-10H;2*1H;/q2*-1;;;;+2/p-2. The topological polar surface area (TPSA) is 0 Å². The van der Waals surface area contributed by atoms with E-state index in [1.807, 2.05) is 0 Å². The van der Waals surface area contributed by atoms with Gasteiger partial charge in [0.25, 0.3) is 0 Å². The van der Waals surface area contributed by atoms with Gasteiger partial charge < -0.3 is 24.8 Å².